The molecule has 2 aromatic carbocycles. The van der Waals surface area contributed by atoms with E-state index in [0.717, 1.165) is 68.4 Å². The van der Waals surface area contributed by atoms with E-state index < -0.39 is 12.1 Å². The topological polar surface area (TPSA) is 150 Å². The lowest BCUT2D eigenvalue weighted by molar-refractivity contribution is -0.181. The summed E-state index contributed by atoms with van der Waals surface area (Å²) in [7, 11) is 1.61. The van der Waals surface area contributed by atoms with Crippen LogP contribution in [0.25, 0.3) is 0 Å². The number of nitrogens with zero attached hydrogens (tertiary/aromatic N) is 4. The number of aliphatic hydroxyl groups is 3. The summed E-state index contributed by atoms with van der Waals surface area (Å²) in [5.74, 6) is 2.43. The molecule has 11 nitrogen and oxygen atoms in total. The third-order valence-electron chi connectivity index (χ3n) is 14.5. The van der Waals surface area contributed by atoms with Crippen LogP contribution in [-0.2, 0) is 16.1 Å². The van der Waals surface area contributed by atoms with Gasteiger partial charge >= 0.3 is 0 Å². The van der Waals surface area contributed by atoms with Gasteiger partial charge in [0, 0.05) is 12.1 Å². The Labute approximate surface area is 312 Å². The van der Waals surface area contributed by atoms with Crippen LogP contribution in [0.3, 0.4) is 0 Å². The number of benzene rings is 2. The second-order valence-electron chi connectivity index (χ2n) is 17.1. The zero-order valence-corrected chi connectivity index (χ0v) is 31.1. The predicted molar refractivity (Wildman–Crippen MR) is 198 cm³/mol. The van der Waals surface area contributed by atoms with Crippen molar-refractivity contribution >= 4 is 17.5 Å². The van der Waals surface area contributed by atoms with Crippen LogP contribution < -0.4 is 15.0 Å². The van der Waals surface area contributed by atoms with Crippen molar-refractivity contribution in [2.75, 3.05) is 12.0 Å². The molecule has 11 heteroatoms. The molecule has 1 aliphatic heterocycles. The highest BCUT2D eigenvalue weighted by atomic mass is 16.5. The Morgan fingerprint density at radius 2 is 1.74 bits per heavy atom. The quantitative estimate of drug-likeness (QED) is 0.208. The van der Waals surface area contributed by atoms with E-state index >= 15 is 0 Å². The first kappa shape index (κ1) is 36.2. The number of ether oxygens (including phenoxy) is 1. The summed E-state index contributed by atoms with van der Waals surface area (Å²) >= 11 is 0. The molecule has 53 heavy (non-hydrogen) atoms. The fourth-order valence-electron chi connectivity index (χ4n) is 11.7. The molecule has 0 bridgehead atoms. The molecular weight excluding hydrogens is 670 g/mol. The van der Waals surface area contributed by atoms with Crippen molar-refractivity contribution in [3.8, 4) is 5.75 Å². The van der Waals surface area contributed by atoms with Gasteiger partial charge < -0.3 is 30.3 Å². The van der Waals surface area contributed by atoms with Crippen molar-refractivity contribution in [2.24, 2.45) is 46.8 Å². The van der Waals surface area contributed by atoms with Gasteiger partial charge in [-0.05, 0) is 128 Å². The Kier molecular flexibility index (Phi) is 9.87. The van der Waals surface area contributed by atoms with E-state index in [1.165, 1.54) is 0 Å². The molecule has 5 aliphatic rings. The maximum Gasteiger partial charge on any atom is 0.255 e. The first-order valence-corrected chi connectivity index (χ1v) is 19.8. The Hall–Kier alpha value is -3.80. The molecule has 4 saturated carbocycles. The van der Waals surface area contributed by atoms with Crippen LogP contribution in [0.15, 0.2) is 60.8 Å². The van der Waals surface area contributed by atoms with E-state index in [1.807, 2.05) is 54.6 Å². The monoisotopic (exact) mass is 725 g/mol. The SMILES string of the molecule is COc1ccc(N2C(=O)[C@H](n3cc(CNC(=O)CC[C@@H](C)[C@H]4CC[C@@H]5[C@@H]4[C@@H](O)C[C@H]4[C@H]5[C@H](O)C[C@@H]5C[C@H](O)CC[C@@]54C)nn3)[C@@H]2c2ccccc2)cc1. The number of nitrogens with one attached hydrogen (secondary N) is 1. The van der Waals surface area contributed by atoms with Crippen molar-refractivity contribution < 1.29 is 29.6 Å². The summed E-state index contributed by atoms with van der Waals surface area (Å²) in [4.78, 5) is 28.5. The number of methoxy groups -OCH3 is 1. The summed E-state index contributed by atoms with van der Waals surface area (Å²) in [6, 6.07) is 16.5. The molecular formula is C42H55N5O6. The molecule has 284 valence electrons. The number of hydrogen-bond acceptors (Lipinski definition) is 8. The van der Waals surface area contributed by atoms with E-state index in [4.69, 9.17) is 4.74 Å². The molecule has 0 radical (unpaired) electrons. The number of carbonyl (C=O) groups is 2. The van der Waals surface area contributed by atoms with Gasteiger partial charge in [-0.2, -0.15) is 0 Å². The number of carbonyl (C=O) groups excluding carboxylic acids is 2. The summed E-state index contributed by atoms with van der Waals surface area (Å²) in [6.45, 7) is 4.80. The minimum atomic E-state index is -0.562. The third kappa shape index (κ3) is 6.46. The first-order valence-electron chi connectivity index (χ1n) is 19.8. The molecule has 2 heterocycles. The van der Waals surface area contributed by atoms with Crippen molar-refractivity contribution in [2.45, 2.75) is 109 Å². The maximum atomic E-state index is 13.6. The summed E-state index contributed by atoms with van der Waals surface area (Å²) < 4.78 is 6.92. The maximum absolute atomic E-state index is 13.6. The molecule has 1 saturated heterocycles. The summed E-state index contributed by atoms with van der Waals surface area (Å²) in [5.41, 5.74) is 2.42. The molecule has 5 fully saturated rings. The van der Waals surface area contributed by atoms with Crippen molar-refractivity contribution in [1.82, 2.24) is 20.3 Å². The largest absolute Gasteiger partial charge is 0.497 e. The predicted octanol–water partition coefficient (Wildman–Crippen LogP) is 5.22. The number of β-lactam (4-membered cyclic amide) rings is 1. The van der Waals surface area contributed by atoms with Crippen molar-refractivity contribution in [3.05, 3.63) is 72.1 Å². The molecule has 13 atom stereocenters. The van der Waals surface area contributed by atoms with Gasteiger partial charge in [0.25, 0.3) is 5.91 Å². The Morgan fingerprint density at radius 3 is 2.49 bits per heavy atom. The highest BCUT2D eigenvalue weighted by Crippen LogP contribution is 2.64. The highest BCUT2D eigenvalue weighted by molar-refractivity contribution is 6.04. The number of aromatic nitrogens is 3. The minimum Gasteiger partial charge on any atom is -0.497 e. The molecule has 4 N–H and O–H groups in total. The smallest absolute Gasteiger partial charge is 0.255 e. The summed E-state index contributed by atoms with van der Waals surface area (Å²) in [5, 5.41) is 45.2. The Morgan fingerprint density at radius 1 is 0.981 bits per heavy atom. The number of rotatable bonds is 10. The van der Waals surface area contributed by atoms with E-state index in [0.29, 0.717) is 29.9 Å². The molecule has 2 amide bonds. The molecule has 4 aliphatic carbocycles. The molecule has 3 aromatic rings. The normalized spacial score (nSPS) is 36.8. The van der Waals surface area contributed by atoms with Crippen LogP contribution in [0.2, 0.25) is 0 Å². The number of aliphatic hydroxyl groups excluding tert-OH is 3. The zero-order chi connectivity index (χ0) is 37.0. The second-order valence-corrected chi connectivity index (χ2v) is 17.1. The van der Waals surface area contributed by atoms with Gasteiger partial charge in [-0.15, -0.1) is 5.10 Å². The lowest BCUT2D eigenvalue weighted by atomic mass is 9.45. The van der Waals surface area contributed by atoms with Gasteiger partial charge in [-0.1, -0.05) is 49.4 Å². The van der Waals surface area contributed by atoms with Crippen molar-refractivity contribution in [1.29, 1.82) is 0 Å². The lowest BCUT2D eigenvalue weighted by Gasteiger charge is -2.61. The van der Waals surface area contributed by atoms with Crippen LogP contribution in [-0.4, -0.2) is 67.5 Å². The average Bonchev–Trinajstić information content (AvgIpc) is 3.82. The standard InChI is InChI=1S/C42H55N5O6/c1-24(31-14-15-32-37(31)35(50)21-33-38(32)34(49)20-26-19-29(48)17-18-42(26,33)2)9-16-36(51)43-22-27-23-46(45-44-27)40-39(25-7-5-4-6-8-25)47(41(40)52)28-10-12-30(53-3)13-11-28/h4-8,10-13,23-24,26,29,31-35,37-40,48-50H,9,14-22H2,1-3H3,(H,43,51)/t24-,26+,29-,31-,32-,33+,34-,35+,37-,38+,39+,40-,42+/m1/s1. The van der Waals surface area contributed by atoms with Crippen molar-refractivity contribution in [3.63, 3.8) is 0 Å². The van der Waals surface area contributed by atoms with Crippen LogP contribution in [0.1, 0.15) is 95.0 Å². The van der Waals surface area contributed by atoms with E-state index in [2.05, 4.69) is 29.5 Å². The lowest BCUT2D eigenvalue weighted by Crippen LogP contribution is -2.59. The van der Waals surface area contributed by atoms with Crippen LogP contribution in [0.5, 0.6) is 5.75 Å². The zero-order valence-electron chi connectivity index (χ0n) is 31.1. The van der Waals surface area contributed by atoms with E-state index in [1.54, 1.807) is 22.9 Å². The van der Waals surface area contributed by atoms with Gasteiger partial charge in [0.1, 0.15) is 11.4 Å². The summed E-state index contributed by atoms with van der Waals surface area (Å²) in [6.07, 6.45) is 7.89. The van der Waals surface area contributed by atoms with Gasteiger partial charge in [-0.25, -0.2) is 4.68 Å². The van der Waals surface area contributed by atoms with E-state index in [9.17, 15) is 24.9 Å². The number of amides is 2. The molecule has 0 unspecified atom stereocenters. The Bertz CT molecular complexity index is 1770. The van der Waals surface area contributed by atoms with Gasteiger partial charge in [0.15, 0.2) is 6.04 Å². The van der Waals surface area contributed by atoms with Crippen LogP contribution in [0, 0.1) is 46.8 Å². The molecule has 1 aromatic heterocycles. The Balaban J connectivity index is 0.864. The first-order chi connectivity index (χ1) is 25.6. The number of anilines is 1. The second kappa shape index (κ2) is 14.5. The average molecular weight is 726 g/mol. The number of hydrogen-bond donors (Lipinski definition) is 4. The highest BCUT2D eigenvalue weighted by Gasteiger charge is 2.61. The molecule has 8 rings (SSSR count). The third-order valence-corrected chi connectivity index (χ3v) is 14.5. The number of fused-ring (bicyclic) bond motifs is 5. The van der Waals surface area contributed by atoms with E-state index in [-0.39, 0.29) is 65.7 Å². The van der Waals surface area contributed by atoms with Crippen LogP contribution in [0.4, 0.5) is 5.69 Å². The fourth-order valence-corrected chi connectivity index (χ4v) is 11.7. The van der Waals surface area contributed by atoms with Gasteiger partial charge in [0.2, 0.25) is 5.91 Å². The fraction of sp³-hybridized carbons (Fsp3) is 0.619. The van der Waals surface area contributed by atoms with Gasteiger partial charge in [-0.3, -0.25) is 9.59 Å². The molecule has 0 spiro atoms. The minimum absolute atomic E-state index is 0.0566. The van der Waals surface area contributed by atoms with Gasteiger partial charge in [0.05, 0.1) is 44.2 Å². The van der Waals surface area contributed by atoms with Crippen LogP contribution >= 0.6 is 0 Å².